The van der Waals surface area contributed by atoms with Crippen LogP contribution in [0.5, 0.6) is 11.5 Å². The molecular weight excluding hydrogens is 268 g/mol. The SMILES string of the molecule is COc1ccc(C(=O)NC2(CN)CCCCC2)cc1OC. The van der Waals surface area contributed by atoms with Crippen molar-refractivity contribution in [1.82, 2.24) is 5.32 Å². The topological polar surface area (TPSA) is 73.6 Å². The van der Waals surface area contributed by atoms with Crippen LogP contribution in [-0.2, 0) is 0 Å². The van der Waals surface area contributed by atoms with E-state index < -0.39 is 0 Å². The molecule has 0 unspecified atom stereocenters. The number of methoxy groups -OCH3 is 2. The normalized spacial score (nSPS) is 17.1. The Morgan fingerprint density at radius 2 is 1.86 bits per heavy atom. The molecule has 5 heteroatoms. The Hall–Kier alpha value is -1.75. The molecule has 0 atom stereocenters. The van der Waals surface area contributed by atoms with Crippen molar-refractivity contribution in [1.29, 1.82) is 0 Å². The number of carbonyl (C=O) groups excluding carboxylic acids is 1. The van der Waals surface area contributed by atoms with E-state index in [2.05, 4.69) is 5.32 Å². The summed E-state index contributed by atoms with van der Waals surface area (Å²) in [5.74, 6) is 1.05. The Bertz CT molecular complexity index is 496. The molecule has 5 nitrogen and oxygen atoms in total. The molecule has 21 heavy (non-hydrogen) atoms. The first-order valence-corrected chi connectivity index (χ1v) is 7.39. The number of nitrogens with one attached hydrogen (secondary N) is 1. The van der Waals surface area contributed by atoms with Gasteiger partial charge in [-0.2, -0.15) is 0 Å². The highest BCUT2D eigenvalue weighted by Gasteiger charge is 2.32. The third-order valence-electron chi connectivity index (χ3n) is 4.23. The van der Waals surface area contributed by atoms with E-state index in [1.807, 2.05) is 0 Å². The van der Waals surface area contributed by atoms with Gasteiger partial charge in [0.1, 0.15) is 0 Å². The molecular formula is C16H24N2O3. The predicted molar refractivity (Wildman–Crippen MR) is 81.9 cm³/mol. The van der Waals surface area contributed by atoms with E-state index >= 15 is 0 Å². The summed E-state index contributed by atoms with van der Waals surface area (Å²) in [6, 6.07) is 5.18. The second kappa shape index (κ2) is 6.80. The Morgan fingerprint density at radius 1 is 1.19 bits per heavy atom. The summed E-state index contributed by atoms with van der Waals surface area (Å²) in [5.41, 5.74) is 6.21. The lowest BCUT2D eigenvalue weighted by Crippen LogP contribution is -2.54. The third-order valence-corrected chi connectivity index (χ3v) is 4.23. The van der Waals surface area contributed by atoms with Crippen molar-refractivity contribution in [3.8, 4) is 11.5 Å². The van der Waals surface area contributed by atoms with Crippen LogP contribution in [0.4, 0.5) is 0 Å². The molecule has 116 valence electrons. The number of ether oxygens (including phenoxy) is 2. The second-order valence-corrected chi connectivity index (χ2v) is 5.57. The number of carbonyl (C=O) groups is 1. The van der Waals surface area contributed by atoms with E-state index in [1.165, 1.54) is 6.42 Å². The lowest BCUT2D eigenvalue weighted by atomic mass is 9.81. The maximum Gasteiger partial charge on any atom is 0.251 e. The smallest absolute Gasteiger partial charge is 0.251 e. The molecule has 1 aliphatic carbocycles. The zero-order valence-corrected chi connectivity index (χ0v) is 12.8. The fourth-order valence-corrected chi connectivity index (χ4v) is 2.90. The molecule has 0 radical (unpaired) electrons. The zero-order chi connectivity index (χ0) is 15.3. The van der Waals surface area contributed by atoms with E-state index in [-0.39, 0.29) is 11.4 Å². The van der Waals surface area contributed by atoms with Crippen LogP contribution < -0.4 is 20.5 Å². The van der Waals surface area contributed by atoms with E-state index in [1.54, 1.807) is 32.4 Å². The van der Waals surface area contributed by atoms with Crippen molar-refractivity contribution >= 4 is 5.91 Å². The van der Waals surface area contributed by atoms with Crippen molar-refractivity contribution in [2.45, 2.75) is 37.6 Å². The maximum atomic E-state index is 12.5. The van der Waals surface area contributed by atoms with Gasteiger partial charge in [0, 0.05) is 12.1 Å². The summed E-state index contributed by atoms with van der Waals surface area (Å²) in [7, 11) is 3.13. The van der Waals surface area contributed by atoms with E-state index in [9.17, 15) is 4.79 Å². The van der Waals surface area contributed by atoms with Crippen molar-refractivity contribution in [3.05, 3.63) is 23.8 Å². The molecule has 0 aromatic heterocycles. The van der Waals surface area contributed by atoms with Crippen LogP contribution in [0.15, 0.2) is 18.2 Å². The largest absolute Gasteiger partial charge is 0.493 e. The second-order valence-electron chi connectivity index (χ2n) is 5.57. The average Bonchev–Trinajstić information content (AvgIpc) is 2.54. The fraction of sp³-hybridized carbons (Fsp3) is 0.562. The van der Waals surface area contributed by atoms with Crippen LogP contribution >= 0.6 is 0 Å². The van der Waals surface area contributed by atoms with Crippen LogP contribution in [0, 0.1) is 0 Å². The Morgan fingerprint density at radius 3 is 2.43 bits per heavy atom. The minimum absolute atomic E-state index is 0.108. The summed E-state index contributed by atoms with van der Waals surface area (Å²) in [6.45, 7) is 0.478. The van der Waals surface area contributed by atoms with Gasteiger partial charge in [-0.1, -0.05) is 19.3 Å². The van der Waals surface area contributed by atoms with E-state index in [0.717, 1.165) is 25.7 Å². The number of hydrogen-bond donors (Lipinski definition) is 2. The average molecular weight is 292 g/mol. The predicted octanol–water partition coefficient (Wildman–Crippen LogP) is 2.10. The van der Waals surface area contributed by atoms with E-state index in [0.29, 0.717) is 23.6 Å². The molecule has 1 saturated carbocycles. The number of hydrogen-bond acceptors (Lipinski definition) is 4. The highest BCUT2D eigenvalue weighted by Crippen LogP contribution is 2.30. The van der Waals surface area contributed by atoms with Gasteiger partial charge >= 0.3 is 0 Å². The number of amides is 1. The standard InChI is InChI=1S/C16H24N2O3/c1-20-13-7-6-12(10-14(13)21-2)15(19)18-16(11-17)8-4-3-5-9-16/h6-7,10H,3-5,8-9,11,17H2,1-2H3,(H,18,19). The monoisotopic (exact) mass is 292 g/mol. The lowest BCUT2D eigenvalue weighted by molar-refractivity contribution is 0.0874. The van der Waals surface area contributed by atoms with Gasteiger partial charge in [0.15, 0.2) is 11.5 Å². The molecule has 0 aliphatic heterocycles. The molecule has 1 aliphatic rings. The van der Waals surface area contributed by atoms with E-state index in [4.69, 9.17) is 15.2 Å². The van der Waals surface area contributed by atoms with Gasteiger partial charge in [-0.3, -0.25) is 4.79 Å². The van der Waals surface area contributed by atoms with Gasteiger partial charge in [-0.05, 0) is 31.0 Å². The number of rotatable bonds is 5. The molecule has 1 fully saturated rings. The highest BCUT2D eigenvalue weighted by atomic mass is 16.5. The molecule has 0 bridgehead atoms. The molecule has 0 heterocycles. The molecule has 1 aromatic rings. The quantitative estimate of drug-likeness (QED) is 0.871. The Balaban J connectivity index is 2.15. The van der Waals surface area contributed by atoms with Crippen LogP contribution in [0.2, 0.25) is 0 Å². The van der Waals surface area contributed by atoms with Gasteiger partial charge in [0.25, 0.3) is 5.91 Å². The molecule has 3 N–H and O–H groups in total. The minimum atomic E-state index is -0.261. The first-order valence-electron chi connectivity index (χ1n) is 7.39. The molecule has 0 saturated heterocycles. The van der Waals surface area contributed by atoms with Gasteiger partial charge in [0.2, 0.25) is 0 Å². The highest BCUT2D eigenvalue weighted by molar-refractivity contribution is 5.95. The molecule has 1 aromatic carbocycles. The molecule has 1 amide bonds. The van der Waals surface area contributed by atoms with Gasteiger partial charge in [-0.25, -0.2) is 0 Å². The van der Waals surface area contributed by atoms with Gasteiger partial charge in [-0.15, -0.1) is 0 Å². The lowest BCUT2D eigenvalue weighted by Gasteiger charge is -2.37. The van der Waals surface area contributed by atoms with Crippen LogP contribution in [0.1, 0.15) is 42.5 Å². The van der Waals surface area contributed by atoms with Crippen LogP contribution in [-0.4, -0.2) is 32.2 Å². The summed E-state index contributed by atoms with van der Waals surface area (Å²) in [6.07, 6.45) is 5.34. The van der Waals surface area contributed by atoms with Crippen molar-refractivity contribution < 1.29 is 14.3 Å². The van der Waals surface area contributed by atoms with Crippen molar-refractivity contribution in [2.75, 3.05) is 20.8 Å². The van der Waals surface area contributed by atoms with Crippen LogP contribution in [0.3, 0.4) is 0 Å². The molecule has 2 rings (SSSR count). The van der Waals surface area contributed by atoms with Crippen LogP contribution in [0.25, 0.3) is 0 Å². The summed E-state index contributed by atoms with van der Waals surface area (Å²) < 4.78 is 10.4. The van der Waals surface area contributed by atoms with Gasteiger partial charge in [0.05, 0.1) is 19.8 Å². The zero-order valence-electron chi connectivity index (χ0n) is 12.8. The Labute approximate surface area is 125 Å². The summed E-state index contributed by atoms with van der Waals surface area (Å²) >= 11 is 0. The minimum Gasteiger partial charge on any atom is -0.493 e. The Kier molecular flexibility index (Phi) is 5.07. The van der Waals surface area contributed by atoms with Crippen molar-refractivity contribution in [2.24, 2.45) is 5.73 Å². The maximum absolute atomic E-state index is 12.5. The first kappa shape index (κ1) is 15.6. The fourth-order valence-electron chi connectivity index (χ4n) is 2.90. The van der Waals surface area contributed by atoms with Crippen molar-refractivity contribution in [3.63, 3.8) is 0 Å². The molecule has 0 spiro atoms. The number of nitrogens with two attached hydrogens (primary N) is 1. The van der Waals surface area contributed by atoms with Gasteiger partial charge < -0.3 is 20.5 Å². The third kappa shape index (κ3) is 3.47. The summed E-state index contributed by atoms with van der Waals surface area (Å²) in [5, 5.41) is 3.13. The first-order chi connectivity index (χ1) is 10.1. The summed E-state index contributed by atoms with van der Waals surface area (Å²) in [4.78, 5) is 12.5. The number of benzene rings is 1.